The summed E-state index contributed by atoms with van der Waals surface area (Å²) >= 11 is 1.05. The molecule has 0 aliphatic carbocycles. The van der Waals surface area contributed by atoms with E-state index in [1.54, 1.807) is 25.3 Å². The summed E-state index contributed by atoms with van der Waals surface area (Å²) in [5.74, 6) is -0.443. The molecule has 0 bridgehead atoms. The van der Waals surface area contributed by atoms with Crippen molar-refractivity contribution in [2.24, 2.45) is 0 Å². The van der Waals surface area contributed by atoms with Crippen LogP contribution in [0, 0.1) is 6.92 Å². The lowest BCUT2D eigenvalue weighted by molar-refractivity contribution is 0.0188. The van der Waals surface area contributed by atoms with Crippen LogP contribution in [-0.4, -0.2) is 49.5 Å². The van der Waals surface area contributed by atoms with Crippen molar-refractivity contribution in [3.05, 3.63) is 40.7 Å². The lowest BCUT2D eigenvalue weighted by atomic mass is 10.2. The molecule has 108 valence electrons. The van der Waals surface area contributed by atoms with Crippen LogP contribution >= 0.6 is 11.5 Å². The van der Waals surface area contributed by atoms with E-state index in [2.05, 4.69) is 14.6 Å². The zero-order valence-electron chi connectivity index (χ0n) is 11.4. The zero-order valence-corrected chi connectivity index (χ0v) is 12.2. The molecule has 3 rings (SSSR count). The Morgan fingerprint density at radius 2 is 2.00 bits per heavy atom. The Bertz CT molecular complexity index is 672. The van der Waals surface area contributed by atoms with Gasteiger partial charge < -0.3 is 0 Å². The third-order valence-electron chi connectivity index (χ3n) is 3.25. The predicted octanol–water partition coefficient (Wildman–Crippen LogP) is 1.14. The number of carbonyl (C=O) groups excluding carboxylic acids is 2. The number of rotatable bonds is 2. The molecule has 0 unspecified atom stereocenters. The number of carbonyl (C=O) groups is 2. The van der Waals surface area contributed by atoms with Crippen LogP contribution in [0.4, 0.5) is 0 Å². The minimum absolute atomic E-state index is 0.218. The maximum Gasteiger partial charge on any atom is 0.286 e. The quantitative estimate of drug-likeness (QED) is 0.831. The second-order valence-corrected chi connectivity index (χ2v) is 5.39. The SMILES string of the molecule is Cc1nnsc1C(=O)N1CCCN1C(=O)c1cccnc1. The van der Waals surface area contributed by atoms with Gasteiger partial charge >= 0.3 is 0 Å². The van der Waals surface area contributed by atoms with Gasteiger partial charge in [-0.15, -0.1) is 5.10 Å². The first kappa shape index (κ1) is 13.6. The standard InChI is InChI=1S/C13H13N5O2S/c1-9-11(21-16-15-9)13(20)18-7-3-6-17(18)12(19)10-4-2-5-14-8-10/h2,4-5,8H,3,6-7H2,1H3. The third kappa shape index (κ3) is 2.49. The fraction of sp³-hybridized carbons (Fsp3) is 0.308. The molecule has 0 aromatic carbocycles. The number of aromatic nitrogens is 3. The number of hydrogen-bond acceptors (Lipinski definition) is 6. The average Bonchev–Trinajstić information content (AvgIpc) is 3.15. The molecule has 1 aliphatic heterocycles. The van der Waals surface area contributed by atoms with Crippen molar-refractivity contribution >= 4 is 23.3 Å². The van der Waals surface area contributed by atoms with Gasteiger partial charge in [0.15, 0.2) is 0 Å². The highest BCUT2D eigenvalue weighted by Gasteiger charge is 2.33. The Kier molecular flexibility index (Phi) is 3.61. The summed E-state index contributed by atoms with van der Waals surface area (Å²) in [4.78, 5) is 29.4. The van der Waals surface area contributed by atoms with Crippen molar-refractivity contribution in [2.75, 3.05) is 13.1 Å². The second-order valence-electron chi connectivity index (χ2n) is 4.64. The third-order valence-corrected chi connectivity index (χ3v) is 4.07. The van der Waals surface area contributed by atoms with Gasteiger partial charge in [0.2, 0.25) is 0 Å². The van der Waals surface area contributed by atoms with Gasteiger partial charge in [-0.05, 0) is 37.0 Å². The Hall–Kier alpha value is -2.35. The monoisotopic (exact) mass is 303 g/mol. The van der Waals surface area contributed by atoms with E-state index in [1.807, 2.05) is 0 Å². The molecule has 2 aromatic heterocycles. The van der Waals surface area contributed by atoms with Gasteiger partial charge in [0.25, 0.3) is 11.8 Å². The number of nitrogens with zero attached hydrogens (tertiary/aromatic N) is 5. The molecule has 1 fully saturated rings. The minimum Gasteiger partial charge on any atom is -0.267 e. The number of hydrazine groups is 1. The second kappa shape index (κ2) is 5.57. The van der Waals surface area contributed by atoms with Crippen molar-refractivity contribution < 1.29 is 9.59 Å². The van der Waals surface area contributed by atoms with Gasteiger partial charge in [-0.2, -0.15) is 0 Å². The summed E-state index contributed by atoms with van der Waals surface area (Å²) in [6.07, 6.45) is 3.86. The van der Waals surface area contributed by atoms with Crippen molar-refractivity contribution in [3.63, 3.8) is 0 Å². The molecule has 0 radical (unpaired) electrons. The molecule has 7 nitrogen and oxygen atoms in total. The number of aryl methyl sites for hydroxylation is 1. The number of amides is 2. The lowest BCUT2D eigenvalue weighted by Gasteiger charge is -2.27. The van der Waals surface area contributed by atoms with Crippen molar-refractivity contribution in [3.8, 4) is 0 Å². The first-order valence-corrected chi connectivity index (χ1v) is 7.28. The maximum absolute atomic E-state index is 12.5. The van der Waals surface area contributed by atoms with E-state index in [0.29, 0.717) is 29.2 Å². The molecule has 0 N–H and O–H groups in total. The molecule has 1 aliphatic rings. The topological polar surface area (TPSA) is 79.3 Å². The van der Waals surface area contributed by atoms with Crippen LogP contribution in [0.25, 0.3) is 0 Å². The smallest absolute Gasteiger partial charge is 0.267 e. The van der Waals surface area contributed by atoms with Crippen molar-refractivity contribution in [1.29, 1.82) is 0 Å². The summed E-state index contributed by atoms with van der Waals surface area (Å²) in [7, 11) is 0. The zero-order chi connectivity index (χ0) is 14.8. The molecule has 2 aromatic rings. The van der Waals surface area contributed by atoms with Crippen LogP contribution in [0.1, 0.15) is 32.1 Å². The molecule has 2 amide bonds. The molecular formula is C13H13N5O2S. The molecule has 21 heavy (non-hydrogen) atoms. The Morgan fingerprint density at radius 3 is 2.62 bits per heavy atom. The van der Waals surface area contributed by atoms with E-state index in [1.165, 1.54) is 16.2 Å². The highest BCUT2D eigenvalue weighted by Crippen LogP contribution is 2.20. The van der Waals surface area contributed by atoms with Gasteiger partial charge in [-0.1, -0.05) is 4.49 Å². The molecule has 0 saturated carbocycles. The number of pyridine rings is 1. The van der Waals surface area contributed by atoms with E-state index in [-0.39, 0.29) is 11.8 Å². The maximum atomic E-state index is 12.5. The molecule has 1 saturated heterocycles. The van der Waals surface area contributed by atoms with Crippen LogP contribution in [-0.2, 0) is 0 Å². The Morgan fingerprint density at radius 1 is 1.24 bits per heavy atom. The largest absolute Gasteiger partial charge is 0.286 e. The van der Waals surface area contributed by atoms with E-state index < -0.39 is 0 Å². The summed E-state index contributed by atoms with van der Waals surface area (Å²) in [5.41, 5.74) is 1.06. The predicted molar refractivity (Wildman–Crippen MR) is 75.6 cm³/mol. The molecule has 3 heterocycles. The highest BCUT2D eigenvalue weighted by molar-refractivity contribution is 7.07. The Balaban J connectivity index is 1.85. The molecule has 0 spiro atoms. The van der Waals surface area contributed by atoms with E-state index in [0.717, 1.165) is 18.0 Å². The van der Waals surface area contributed by atoms with Gasteiger partial charge in [-0.3, -0.25) is 14.6 Å². The van der Waals surface area contributed by atoms with E-state index >= 15 is 0 Å². The van der Waals surface area contributed by atoms with Crippen LogP contribution < -0.4 is 0 Å². The minimum atomic E-state index is -0.225. The van der Waals surface area contributed by atoms with Crippen LogP contribution in [0.2, 0.25) is 0 Å². The number of hydrogen-bond donors (Lipinski definition) is 0. The van der Waals surface area contributed by atoms with Crippen LogP contribution in [0.3, 0.4) is 0 Å². The van der Waals surface area contributed by atoms with E-state index in [9.17, 15) is 9.59 Å². The summed E-state index contributed by atoms with van der Waals surface area (Å²) in [6, 6.07) is 3.39. The van der Waals surface area contributed by atoms with Crippen LogP contribution in [0.5, 0.6) is 0 Å². The molecular weight excluding hydrogens is 290 g/mol. The van der Waals surface area contributed by atoms with Crippen molar-refractivity contribution in [1.82, 2.24) is 24.6 Å². The van der Waals surface area contributed by atoms with Crippen LogP contribution in [0.15, 0.2) is 24.5 Å². The summed E-state index contributed by atoms with van der Waals surface area (Å²) in [6.45, 7) is 2.77. The van der Waals surface area contributed by atoms with Gasteiger partial charge in [0.05, 0.1) is 11.3 Å². The van der Waals surface area contributed by atoms with Crippen molar-refractivity contribution in [2.45, 2.75) is 13.3 Å². The molecule has 0 atom stereocenters. The molecule has 8 heteroatoms. The Labute approximate surface area is 125 Å². The average molecular weight is 303 g/mol. The summed E-state index contributed by atoms with van der Waals surface area (Å²) in [5, 5.41) is 6.79. The fourth-order valence-corrected chi connectivity index (χ4v) is 2.82. The fourth-order valence-electron chi connectivity index (χ4n) is 2.22. The first-order chi connectivity index (χ1) is 10.2. The lowest BCUT2D eigenvalue weighted by Crippen LogP contribution is -2.44. The normalized spacial score (nSPS) is 14.5. The first-order valence-electron chi connectivity index (χ1n) is 6.51. The van der Waals surface area contributed by atoms with Gasteiger partial charge in [0, 0.05) is 25.5 Å². The highest BCUT2D eigenvalue weighted by atomic mass is 32.1. The van der Waals surface area contributed by atoms with Gasteiger partial charge in [-0.25, -0.2) is 10.0 Å². The van der Waals surface area contributed by atoms with Gasteiger partial charge in [0.1, 0.15) is 4.88 Å². The van der Waals surface area contributed by atoms with E-state index in [4.69, 9.17) is 0 Å². The summed E-state index contributed by atoms with van der Waals surface area (Å²) < 4.78 is 3.77.